The molecule has 0 saturated carbocycles. The van der Waals surface area contributed by atoms with Gasteiger partial charge in [-0.15, -0.1) is 0 Å². The fourth-order valence-electron chi connectivity index (χ4n) is 2.54. The zero-order valence-corrected chi connectivity index (χ0v) is 12.1. The van der Waals surface area contributed by atoms with Gasteiger partial charge in [0.2, 0.25) is 11.2 Å². The summed E-state index contributed by atoms with van der Waals surface area (Å²) in [4.78, 5) is 21.8. The number of halogens is 1. The summed E-state index contributed by atoms with van der Waals surface area (Å²) in [7, 11) is 0. The van der Waals surface area contributed by atoms with Crippen LogP contribution in [0.25, 0.3) is 11.0 Å². The van der Waals surface area contributed by atoms with Crippen LogP contribution >= 0.6 is 11.6 Å². The van der Waals surface area contributed by atoms with Crippen LogP contribution in [0.5, 0.6) is 0 Å². The highest BCUT2D eigenvalue weighted by molar-refractivity contribution is 6.28. The van der Waals surface area contributed by atoms with E-state index in [-0.39, 0.29) is 17.2 Å². The Balaban J connectivity index is 1.80. The summed E-state index contributed by atoms with van der Waals surface area (Å²) in [6.45, 7) is 4.90. The van der Waals surface area contributed by atoms with Gasteiger partial charge in [0.25, 0.3) is 0 Å². The molecule has 1 fully saturated rings. The second kappa shape index (κ2) is 5.69. The van der Waals surface area contributed by atoms with E-state index in [1.165, 1.54) is 6.08 Å². The fourth-order valence-corrected chi connectivity index (χ4v) is 2.70. The molecule has 7 nitrogen and oxygen atoms in total. The third-order valence-electron chi connectivity index (χ3n) is 3.53. The molecule has 1 aliphatic rings. The van der Waals surface area contributed by atoms with Crippen LogP contribution in [-0.4, -0.2) is 50.1 Å². The maximum absolute atomic E-state index is 11.7. The topological polar surface area (TPSA) is 86.8 Å². The number of fused-ring (bicyclic) bond motifs is 1. The highest BCUT2D eigenvalue weighted by Crippen LogP contribution is 2.22. The lowest BCUT2D eigenvalue weighted by Gasteiger charge is -2.32. The third kappa shape index (κ3) is 2.82. The predicted molar refractivity (Wildman–Crippen MR) is 80.1 cm³/mol. The number of piperidine rings is 1. The van der Waals surface area contributed by atoms with Gasteiger partial charge in [-0.2, -0.15) is 15.1 Å². The summed E-state index contributed by atoms with van der Waals surface area (Å²) in [5.41, 5.74) is 0.590. The molecule has 110 valence electrons. The molecule has 2 aromatic rings. The first-order chi connectivity index (χ1) is 10.2. The van der Waals surface area contributed by atoms with E-state index >= 15 is 0 Å². The summed E-state index contributed by atoms with van der Waals surface area (Å²) < 4.78 is 0. The van der Waals surface area contributed by atoms with Crippen molar-refractivity contribution in [2.24, 2.45) is 0 Å². The number of hydrogen-bond donors (Lipinski definition) is 2. The number of likely N-dealkylation sites (tertiary alicyclic amines) is 1. The van der Waals surface area contributed by atoms with Crippen LogP contribution in [0, 0.1) is 0 Å². The number of aromatic nitrogens is 4. The Morgan fingerprint density at radius 3 is 3.24 bits per heavy atom. The van der Waals surface area contributed by atoms with Gasteiger partial charge in [-0.05, 0) is 30.5 Å². The number of rotatable bonds is 3. The minimum Gasteiger partial charge on any atom is -0.365 e. The molecule has 2 N–H and O–H groups in total. The molecule has 21 heavy (non-hydrogen) atoms. The predicted octanol–water partition coefficient (Wildman–Crippen LogP) is 1.60. The lowest BCUT2D eigenvalue weighted by Crippen LogP contribution is -2.44. The van der Waals surface area contributed by atoms with Crippen molar-refractivity contribution in [3.63, 3.8) is 0 Å². The smallest absolute Gasteiger partial charge is 0.246 e. The second-order valence-corrected chi connectivity index (χ2v) is 5.28. The van der Waals surface area contributed by atoms with Gasteiger partial charge in [-0.1, -0.05) is 6.58 Å². The van der Waals surface area contributed by atoms with E-state index in [0.29, 0.717) is 18.0 Å². The SMILES string of the molecule is C=CC(=O)N1CCCC(Nc2nc(Cl)nc3[nH]ncc23)C1. The molecule has 0 aliphatic carbocycles. The van der Waals surface area contributed by atoms with Crippen molar-refractivity contribution in [2.45, 2.75) is 18.9 Å². The number of aromatic amines is 1. The first-order valence-electron chi connectivity index (χ1n) is 6.72. The van der Waals surface area contributed by atoms with Gasteiger partial charge >= 0.3 is 0 Å². The molecule has 1 atom stereocenters. The van der Waals surface area contributed by atoms with E-state index in [4.69, 9.17) is 11.6 Å². The van der Waals surface area contributed by atoms with E-state index in [2.05, 4.69) is 32.1 Å². The van der Waals surface area contributed by atoms with Crippen LogP contribution < -0.4 is 5.32 Å². The maximum atomic E-state index is 11.7. The monoisotopic (exact) mass is 306 g/mol. The molecule has 1 unspecified atom stereocenters. The number of carbonyl (C=O) groups excluding carboxylic acids is 1. The summed E-state index contributed by atoms with van der Waals surface area (Å²) in [6.07, 6.45) is 4.90. The third-order valence-corrected chi connectivity index (χ3v) is 3.70. The van der Waals surface area contributed by atoms with Crippen LogP contribution in [0.2, 0.25) is 5.28 Å². The van der Waals surface area contributed by atoms with E-state index in [1.807, 2.05) is 0 Å². The summed E-state index contributed by atoms with van der Waals surface area (Å²) in [5.74, 6) is 0.590. The molecule has 8 heteroatoms. The molecular weight excluding hydrogens is 292 g/mol. The molecule has 0 aromatic carbocycles. The first-order valence-corrected chi connectivity index (χ1v) is 7.09. The van der Waals surface area contributed by atoms with Gasteiger partial charge in [0.1, 0.15) is 5.82 Å². The molecule has 3 rings (SSSR count). The zero-order chi connectivity index (χ0) is 14.8. The molecule has 3 heterocycles. The molecular formula is C13H15ClN6O. The lowest BCUT2D eigenvalue weighted by molar-refractivity contribution is -0.127. The van der Waals surface area contributed by atoms with Crippen LogP contribution in [0.3, 0.4) is 0 Å². The van der Waals surface area contributed by atoms with Gasteiger partial charge in [-0.3, -0.25) is 9.89 Å². The molecule has 1 amide bonds. The van der Waals surface area contributed by atoms with Crippen LogP contribution in [0.1, 0.15) is 12.8 Å². The highest BCUT2D eigenvalue weighted by atomic mass is 35.5. The number of amides is 1. The van der Waals surface area contributed by atoms with Crippen LogP contribution in [0.15, 0.2) is 18.9 Å². The Hall–Kier alpha value is -2.15. The minimum absolute atomic E-state index is 0.0457. The minimum atomic E-state index is -0.0457. The Labute approximate surface area is 126 Å². The molecule has 1 aliphatic heterocycles. The van der Waals surface area contributed by atoms with Crippen molar-refractivity contribution in [3.8, 4) is 0 Å². The zero-order valence-electron chi connectivity index (χ0n) is 11.3. The normalized spacial score (nSPS) is 18.7. The van der Waals surface area contributed by atoms with Gasteiger partial charge in [0.05, 0.1) is 11.6 Å². The van der Waals surface area contributed by atoms with Gasteiger partial charge in [0, 0.05) is 19.1 Å². The quantitative estimate of drug-likeness (QED) is 0.664. The van der Waals surface area contributed by atoms with Gasteiger partial charge < -0.3 is 10.2 Å². The van der Waals surface area contributed by atoms with Crippen molar-refractivity contribution in [3.05, 3.63) is 24.1 Å². The van der Waals surface area contributed by atoms with Crippen LogP contribution in [0.4, 0.5) is 5.82 Å². The fraction of sp³-hybridized carbons (Fsp3) is 0.385. The average molecular weight is 307 g/mol. The van der Waals surface area contributed by atoms with Crippen molar-refractivity contribution < 1.29 is 4.79 Å². The standard InChI is InChI=1S/C13H15ClN6O/c1-2-10(21)20-5-3-4-8(7-20)16-11-9-6-15-19-12(9)18-13(14)17-11/h2,6,8H,1,3-5,7H2,(H2,15,16,17,18,19). The van der Waals surface area contributed by atoms with Crippen molar-refractivity contribution in [1.29, 1.82) is 0 Å². The molecule has 1 saturated heterocycles. The largest absolute Gasteiger partial charge is 0.365 e. The van der Waals surface area contributed by atoms with E-state index in [1.54, 1.807) is 11.1 Å². The maximum Gasteiger partial charge on any atom is 0.246 e. The number of nitrogens with zero attached hydrogens (tertiary/aromatic N) is 4. The van der Waals surface area contributed by atoms with E-state index in [9.17, 15) is 4.79 Å². The summed E-state index contributed by atoms with van der Waals surface area (Å²) in [6, 6.07) is 0.117. The Morgan fingerprint density at radius 1 is 1.57 bits per heavy atom. The number of nitrogens with one attached hydrogen (secondary N) is 2. The molecule has 0 bridgehead atoms. The average Bonchev–Trinajstić information content (AvgIpc) is 2.95. The summed E-state index contributed by atoms with van der Waals surface area (Å²) in [5, 5.41) is 11.0. The Morgan fingerprint density at radius 2 is 2.43 bits per heavy atom. The lowest BCUT2D eigenvalue weighted by atomic mass is 10.1. The van der Waals surface area contributed by atoms with Gasteiger partial charge in [-0.25, -0.2) is 0 Å². The van der Waals surface area contributed by atoms with E-state index < -0.39 is 0 Å². The van der Waals surface area contributed by atoms with Crippen molar-refractivity contribution in [1.82, 2.24) is 25.1 Å². The Kier molecular flexibility index (Phi) is 3.74. The summed E-state index contributed by atoms with van der Waals surface area (Å²) >= 11 is 5.91. The van der Waals surface area contributed by atoms with Crippen molar-refractivity contribution in [2.75, 3.05) is 18.4 Å². The Bertz CT molecular complexity index is 684. The molecule has 0 spiro atoms. The number of H-pyrrole nitrogens is 1. The van der Waals surface area contributed by atoms with Crippen LogP contribution in [-0.2, 0) is 4.79 Å². The highest BCUT2D eigenvalue weighted by Gasteiger charge is 2.23. The number of hydrogen-bond acceptors (Lipinski definition) is 5. The number of anilines is 1. The molecule has 0 radical (unpaired) electrons. The van der Waals surface area contributed by atoms with E-state index in [0.717, 1.165) is 24.8 Å². The van der Waals surface area contributed by atoms with Gasteiger partial charge in [0.15, 0.2) is 5.65 Å². The van der Waals surface area contributed by atoms with Crippen molar-refractivity contribution >= 4 is 34.4 Å². The first kappa shape index (κ1) is 13.8. The second-order valence-electron chi connectivity index (χ2n) is 4.95. The number of carbonyl (C=O) groups is 1. The molecule has 2 aromatic heterocycles.